The lowest BCUT2D eigenvalue weighted by Gasteiger charge is -2.45. The van der Waals surface area contributed by atoms with E-state index in [1.807, 2.05) is 13.8 Å². The minimum absolute atomic E-state index is 0.297. The lowest BCUT2D eigenvalue weighted by molar-refractivity contribution is 0.00438. The molecule has 2 heterocycles. The molecule has 1 fully saturated rings. The SMILES string of the molecule is CC(C)(O)C1CN(c2cc(Cl)ncn2)C1. The Morgan fingerprint density at radius 1 is 1.47 bits per heavy atom. The second-order valence-electron chi connectivity index (χ2n) is 4.45. The van der Waals surface area contributed by atoms with Crippen LogP contribution in [0.5, 0.6) is 0 Å². The molecule has 0 radical (unpaired) electrons. The van der Waals surface area contributed by atoms with Crippen LogP contribution in [-0.2, 0) is 0 Å². The molecule has 5 heteroatoms. The monoisotopic (exact) mass is 227 g/mol. The van der Waals surface area contributed by atoms with Crippen LogP contribution >= 0.6 is 11.6 Å². The minimum atomic E-state index is -0.618. The van der Waals surface area contributed by atoms with Gasteiger partial charge in [-0.05, 0) is 13.8 Å². The first-order valence-corrected chi connectivity index (χ1v) is 5.29. The van der Waals surface area contributed by atoms with Crippen molar-refractivity contribution in [3.05, 3.63) is 17.5 Å². The molecule has 1 aromatic rings. The van der Waals surface area contributed by atoms with Gasteiger partial charge in [0, 0.05) is 25.1 Å². The summed E-state index contributed by atoms with van der Waals surface area (Å²) in [6.45, 7) is 5.30. The Hall–Kier alpha value is -0.870. The van der Waals surface area contributed by atoms with Crippen molar-refractivity contribution in [1.29, 1.82) is 0 Å². The molecule has 4 nitrogen and oxygen atoms in total. The van der Waals surface area contributed by atoms with Crippen LogP contribution in [-0.4, -0.2) is 33.8 Å². The normalized spacial score (nSPS) is 17.7. The van der Waals surface area contributed by atoms with E-state index >= 15 is 0 Å². The Balaban J connectivity index is 2.00. The van der Waals surface area contributed by atoms with Gasteiger partial charge in [-0.15, -0.1) is 0 Å². The smallest absolute Gasteiger partial charge is 0.134 e. The van der Waals surface area contributed by atoms with Gasteiger partial charge < -0.3 is 10.0 Å². The van der Waals surface area contributed by atoms with E-state index in [2.05, 4.69) is 14.9 Å². The summed E-state index contributed by atoms with van der Waals surface area (Å²) < 4.78 is 0. The van der Waals surface area contributed by atoms with E-state index in [1.165, 1.54) is 6.33 Å². The Labute approximate surface area is 93.9 Å². The number of nitrogens with zero attached hydrogens (tertiary/aromatic N) is 3. The van der Waals surface area contributed by atoms with Crippen molar-refractivity contribution in [1.82, 2.24) is 9.97 Å². The van der Waals surface area contributed by atoms with Gasteiger partial charge in [-0.2, -0.15) is 0 Å². The highest BCUT2D eigenvalue weighted by Crippen LogP contribution is 2.30. The fourth-order valence-electron chi connectivity index (χ4n) is 1.61. The van der Waals surface area contributed by atoms with Crippen molar-refractivity contribution in [2.45, 2.75) is 19.4 Å². The van der Waals surface area contributed by atoms with Gasteiger partial charge in [0.1, 0.15) is 17.3 Å². The van der Waals surface area contributed by atoms with Crippen molar-refractivity contribution in [3.63, 3.8) is 0 Å². The highest BCUT2D eigenvalue weighted by Gasteiger charge is 2.37. The molecule has 0 amide bonds. The molecule has 0 aromatic carbocycles. The molecule has 1 aromatic heterocycles. The molecule has 0 unspecified atom stereocenters. The van der Waals surface area contributed by atoms with E-state index in [0.717, 1.165) is 18.9 Å². The van der Waals surface area contributed by atoms with Gasteiger partial charge in [-0.1, -0.05) is 11.6 Å². The van der Waals surface area contributed by atoms with Gasteiger partial charge in [-0.3, -0.25) is 0 Å². The lowest BCUT2D eigenvalue weighted by Crippen LogP contribution is -2.56. The molecule has 2 rings (SSSR count). The highest BCUT2D eigenvalue weighted by atomic mass is 35.5. The minimum Gasteiger partial charge on any atom is -0.390 e. The molecule has 0 spiro atoms. The zero-order chi connectivity index (χ0) is 11.1. The number of rotatable bonds is 2. The van der Waals surface area contributed by atoms with Crippen LogP contribution in [0.15, 0.2) is 12.4 Å². The summed E-state index contributed by atoms with van der Waals surface area (Å²) in [6, 6.07) is 1.74. The van der Waals surface area contributed by atoms with Gasteiger partial charge in [0.05, 0.1) is 5.60 Å². The van der Waals surface area contributed by atoms with Crippen LogP contribution in [0.25, 0.3) is 0 Å². The van der Waals surface area contributed by atoms with E-state index in [9.17, 15) is 5.11 Å². The lowest BCUT2D eigenvalue weighted by atomic mass is 9.84. The molecule has 0 saturated carbocycles. The van der Waals surface area contributed by atoms with Crippen LogP contribution in [0.2, 0.25) is 5.15 Å². The van der Waals surface area contributed by atoms with Crippen LogP contribution < -0.4 is 4.90 Å². The van der Waals surface area contributed by atoms with Crippen molar-refractivity contribution >= 4 is 17.4 Å². The third-order valence-electron chi connectivity index (χ3n) is 2.82. The van der Waals surface area contributed by atoms with E-state index < -0.39 is 5.60 Å². The summed E-state index contributed by atoms with van der Waals surface area (Å²) in [5, 5.41) is 10.2. The third-order valence-corrected chi connectivity index (χ3v) is 3.03. The quantitative estimate of drug-likeness (QED) is 0.775. The highest BCUT2D eigenvalue weighted by molar-refractivity contribution is 6.29. The summed E-state index contributed by atoms with van der Waals surface area (Å²) in [6.07, 6.45) is 1.45. The second-order valence-corrected chi connectivity index (χ2v) is 4.84. The van der Waals surface area contributed by atoms with Gasteiger partial charge in [0.2, 0.25) is 0 Å². The number of hydrogen-bond acceptors (Lipinski definition) is 4. The average Bonchev–Trinajstić information content (AvgIpc) is 1.97. The van der Waals surface area contributed by atoms with E-state index in [4.69, 9.17) is 11.6 Å². The Bertz CT molecular complexity index is 358. The zero-order valence-electron chi connectivity index (χ0n) is 8.81. The predicted molar refractivity (Wildman–Crippen MR) is 59.0 cm³/mol. The second kappa shape index (κ2) is 3.61. The van der Waals surface area contributed by atoms with E-state index in [-0.39, 0.29) is 0 Å². The van der Waals surface area contributed by atoms with Crippen molar-refractivity contribution in [2.24, 2.45) is 5.92 Å². The Kier molecular flexibility index (Phi) is 2.56. The molecule has 1 N–H and O–H groups in total. The molecule has 1 saturated heterocycles. The summed E-state index contributed by atoms with van der Waals surface area (Å²) in [4.78, 5) is 10.0. The Morgan fingerprint density at radius 2 is 2.13 bits per heavy atom. The third kappa shape index (κ3) is 2.21. The maximum atomic E-state index is 9.77. The van der Waals surface area contributed by atoms with Crippen molar-refractivity contribution in [2.75, 3.05) is 18.0 Å². The van der Waals surface area contributed by atoms with Crippen LogP contribution in [0.1, 0.15) is 13.8 Å². The molecule has 1 aliphatic heterocycles. The van der Waals surface area contributed by atoms with Gasteiger partial charge in [0.15, 0.2) is 0 Å². The molecular formula is C10H14ClN3O. The fraction of sp³-hybridized carbons (Fsp3) is 0.600. The van der Waals surface area contributed by atoms with Crippen LogP contribution in [0.4, 0.5) is 5.82 Å². The van der Waals surface area contributed by atoms with E-state index in [1.54, 1.807) is 6.07 Å². The van der Waals surface area contributed by atoms with Gasteiger partial charge in [-0.25, -0.2) is 9.97 Å². The first-order valence-electron chi connectivity index (χ1n) is 4.91. The first-order chi connectivity index (χ1) is 6.97. The number of hydrogen-bond donors (Lipinski definition) is 1. The summed E-state index contributed by atoms with van der Waals surface area (Å²) in [5.41, 5.74) is -0.618. The van der Waals surface area contributed by atoms with Crippen molar-refractivity contribution in [3.8, 4) is 0 Å². The largest absolute Gasteiger partial charge is 0.390 e. The topological polar surface area (TPSA) is 49.2 Å². The molecule has 0 bridgehead atoms. The standard InChI is InChI=1S/C10H14ClN3O/c1-10(2,15)7-4-14(5-7)9-3-8(11)12-6-13-9/h3,6-7,15H,4-5H2,1-2H3. The van der Waals surface area contributed by atoms with Crippen LogP contribution in [0.3, 0.4) is 0 Å². The fourth-order valence-corrected chi connectivity index (χ4v) is 1.75. The maximum Gasteiger partial charge on any atom is 0.134 e. The van der Waals surface area contributed by atoms with Gasteiger partial charge >= 0.3 is 0 Å². The Morgan fingerprint density at radius 3 is 2.67 bits per heavy atom. The first kappa shape index (κ1) is 10.6. The molecule has 1 aliphatic rings. The molecular weight excluding hydrogens is 214 g/mol. The zero-order valence-corrected chi connectivity index (χ0v) is 9.57. The summed E-state index contributed by atoms with van der Waals surface area (Å²) >= 11 is 5.77. The van der Waals surface area contributed by atoms with E-state index in [0.29, 0.717) is 11.1 Å². The maximum absolute atomic E-state index is 9.77. The molecule has 82 valence electrons. The summed E-state index contributed by atoms with van der Waals surface area (Å²) in [5.74, 6) is 1.13. The van der Waals surface area contributed by atoms with Crippen molar-refractivity contribution < 1.29 is 5.11 Å². The van der Waals surface area contributed by atoms with Crippen LogP contribution in [0, 0.1) is 5.92 Å². The number of halogens is 1. The summed E-state index contributed by atoms with van der Waals surface area (Å²) in [7, 11) is 0. The number of aliphatic hydroxyl groups is 1. The molecule has 15 heavy (non-hydrogen) atoms. The predicted octanol–water partition coefficient (Wildman–Crippen LogP) is 1.34. The van der Waals surface area contributed by atoms with Gasteiger partial charge in [0.25, 0.3) is 0 Å². The molecule has 0 aliphatic carbocycles. The average molecular weight is 228 g/mol. The number of aromatic nitrogens is 2. The number of anilines is 1. The molecule has 0 atom stereocenters.